The molecule has 1 rings (SSSR count). The molecule has 1 aromatic heterocycles. The highest BCUT2D eigenvalue weighted by molar-refractivity contribution is 5.99. The molecule has 0 atom stereocenters. The number of nitrogens with one attached hydrogen (secondary N) is 1. The first-order valence-corrected chi connectivity index (χ1v) is 5.48. The Morgan fingerprint density at radius 3 is 2.71 bits per heavy atom. The molecular formula is C11H19N5O. The topological polar surface area (TPSA) is 99.1 Å². The van der Waals surface area contributed by atoms with Crippen LogP contribution in [0.4, 0.5) is 5.82 Å². The quantitative estimate of drug-likeness (QED) is 0.507. The van der Waals surface area contributed by atoms with Gasteiger partial charge >= 0.3 is 0 Å². The molecule has 0 saturated carbocycles. The number of hydrogen-bond donors (Lipinski definition) is 3. The molecule has 17 heavy (non-hydrogen) atoms. The SMILES string of the molecule is CCN(CC(C)(C)O)c1nnccc1C(=N)N. The van der Waals surface area contributed by atoms with E-state index in [4.69, 9.17) is 11.1 Å². The second-order valence-electron chi connectivity index (χ2n) is 4.51. The number of rotatable bonds is 5. The van der Waals surface area contributed by atoms with Gasteiger partial charge in [-0.3, -0.25) is 5.41 Å². The molecule has 0 amide bonds. The smallest absolute Gasteiger partial charge is 0.162 e. The minimum absolute atomic E-state index is 0.0518. The summed E-state index contributed by atoms with van der Waals surface area (Å²) in [6, 6.07) is 1.65. The second kappa shape index (κ2) is 5.09. The summed E-state index contributed by atoms with van der Waals surface area (Å²) in [4.78, 5) is 1.85. The van der Waals surface area contributed by atoms with Crippen LogP contribution in [0.5, 0.6) is 0 Å². The fraction of sp³-hybridized carbons (Fsp3) is 0.545. The van der Waals surface area contributed by atoms with Gasteiger partial charge in [0.2, 0.25) is 0 Å². The Bertz CT molecular complexity index is 399. The second-order valence-corrected chi connectivity index (χ2v) is 4.51. The zero-order valence-corrected chi connectivity index (χ0v) is 10.4. The summed E-state index contributed by atoms with van der Waals surface area (Å²) < 4.78 is 0. The average molecular weight is 237 g/mol. The molecule has 1 heterocycles. The van der Waals surface area contributed by atoms with Crippen molar-refractivity contribution in [2.75, 3.05) is 18.0 Å². The molecular weight excluding hydrogens is 218 g/mol. The number of nitrogens with zero attached hydrogens (tertiary/aromatic N) is 3. The number of nitrogens with two attached hydrogens (primary N) is 1. The summed E-state index contributed by atoms with van der Waals surface area (Å²) in [7, 11) is 0. The molecule has 0 aliphatic heterocycles. The molecule has 94 valence electrons. The van der Waals surface area contributed by atoms with Gasteiger partial charge < -0.3 is 15.7 Å². The third-order valence-electron chi connectivity index (χ3n) is 2.25. The van der Waals surface area contributed by atoms with E-state index in [1.807, 2.05) is 11.8 Å². The van der Waals surface area contributed by atoms with Crippen molar-refractivity contribution in [1.82, 2.24) is 10.2 Å². The van der Waals surface area contributed by atoms with Gasteiger partial charge in [-0.1, -0.05) is 0 Å². The molecule has 0 aliphatic rings. The number of aliphatic hydroxyl groups is 1. The van der Waals surface area contributed by atoms with Gasteiger partial charge in [0.1, 0.15) is 5.84 Å². The zero-order valence-electron chi connectivity index (χ0n) is 10.4. The fourth-order valence-electron chi connectivity index (χ4n) is 1.57. The van der Waals surface area contributed by atoms with Gasteiger partial charge in [0, 0.05) is 13.1 Å². The minimum Gasteiger partial charge on any atom is -0.389 e. The van der Waals surface area contributed by atoms with Crippen molar-refractivity contribution in [2.45, 2.75) is 26.4 Å². The summed E-state index contributed by atoms with van der Waals surface area (Å²) in [5, 5.41) is 25.1. The number of likely N-dealkylation sites (N-methyl/N-ethyl adjacent to an activating group) is 1. The first kappa shape index (κ1) is 13.4. The highest BCUT2D eigenvalue weighted by Gasteiger charge is 2.21. The Labute approximate surface area is 101 Å². The maximum absolute atomic E-state index is 9.84. The first-order valence-electron chi connectivity index (χ1n) is 5.48. The van der Waals surface area contributed by atoms with Crippen LogP contribution >= 0.6 is 0 Å². The monoisotopic (exact) mass is 237 g/mol. The summed E-state index contributed by atoms with van der Waals surface area (Å²) in [6.07, 6.45) is 1.50. The lowest BCUT2D eigenvalue weighted by molar-refractivity contribution is 0.0874. The molecule has 0 fully saturated rings. The van der Waals surface area contributed by atoms with Crippen molar-refractivity contribution < 1.29 is 5.11 Å². The molecule has 0 bridgehead atoms. The van der Waals surface area contributed by atoms with Crippen LogP contribution in [0.3, 0.4) is 0 Å². The van der Waals surface area contributed by atoms with E-state index in [1.165, 1.54) is 6.20 Å². The molecule has 0 saturated heterocycles. The lowest BCUT2D eigenvalue weighted by atomic mass is 10.1. The number of amidine groups is 1. The van der Waals surface area contributed by atoms with Gasteiger partial charge in [-0.05, 0) is 26.8 Å². The van der Waals surface area contributed by atoms with Crippen molar-refractivity contribution in [3.8, 4) is 0 Å². The van der Waals surface area contributed by atoms with Crippen LogP contribution in [-0.2, 0) is 0 Å². The van der Waals surface area contributed by atoms with E-state index in [9.17, 15) is 5.11 Å². The Balaban J connectivity index is 3.07. The van der Waals surface area contributed by atoms with E-state index in [0.717, 1.165) is 0 Å². The number of nitrogen functional groups attached to an aromatic ring is 1. The molecule has 0 spiro atoms. The van der Waals surface area contributed by atoms with Crippen LogP contribution in [0.15, 0.2) is 12.3 Å². The lowest BCUT2D eigenvalue weighted by Crippen LogP contribution is -2.40. The average Bonchev–Trinajstić information content (AvgIpc) is 2.24. The number of aromatic nitrogens is 2. The van der Waals surface area contributed by atoms with Gasteiger partial charge in [-0.25, -0.2) is 0 Å². The normalized spacial score (nSPS) is 11.3. The van der Waals surface area contributed by atoms with Gasteiger partial charge in [-0.15, -0.1) is 5.10 Å². The molecule has 0 aromatic carbocycles. The predicted octanol–water partition coefficient (Wildman–Crippen LogP) is 0.358. The Morgan fingerprint density at radius 2 is 2.24 bits per heavy atom. The van der Waals surface area contributed by atoms with E-state index in [-0.39, 0.29) is 5.84 Å². The number of anilines is 1. The highest BCUT2D eigenvalue weighted by Crippen LogP contribution is 2.18. The minimum atomic E-state index is -0.846. The Morgan fingerprint density at radius 1 is 1.59 bits per heavy atom. The van der Waals surface area contributed by atoms with Gasteiger partial charge in [-0.2, -0.15) is 5.10 Å². The predicted molar refractivity (Wildman–Crippen MR) is 67.2 cm³/mol. The molecule has 4 N–H and O–H groups in total. The van der Waals surface area contributed by atoms with Crippen LogP contribution < -0.4 is 10.6 Å². The largest absolute Gasteiger partial charge is 0.389 e. The van der Waals surface area contributed by atoms with E-state index in [2.05, 4.69) is 10.2 Å². The molecule has 0 unspecified atom stereocenters. The van der Waals surface area contributed by atoms with Crippen LogP contribution in [0.25, 0.3) is 0 Å². The van der Waals surface area contributed by atoms with E-state index in [1.54, 1.807) is 19.9 Å². The Kier molecular flexibility index (Phi) is 4.01. The fourth-order valence-corrected chi connectivity index (χ4v) is 1.57. The molecule has 1 aromatic rings. The van der Waals surface area contributed by atoms with E-state index >= 15 is 0 Å². The summed E-state index contributed by atoms with van der Waals surface area (Å²) in [5.74, 6) is 0.480. The summed E-state index contributed by atoms with van der Waals surface area (Å²) in [6.45, 7) is 6.45. The van der Waals surface area contributed by atoms with Crippen molar-refractivity contribution in [3.05, 3.63) is 17.8 Å². The molecule has 0 radical (unpaired) electrons. The number of hydrogen-bond acceptors (Lipinski definition) is 5. The first-order chi connectivity index (χ1) is 7.85. The van der Waals surface area contributed by atoms with Crippen LogP contribution in [0.2, 0.25) is 0 Å². The van der Waals surface area contributed by atoms with Crippen LogP contribution in [0.1, 0.15) is 26.3 Å². The highest BCUT2D eigenvalue weighted by atomic mass is 16.3. The van der Waals surface area contributed by atoms with Crippen molar-refractivity contribution in [2.24, 2.45) is 5.73 Å². The van der Waals surface area contributed by atoms with Crippen molar-refractivity contribution in [1.29, 1.82) is 5.41 Å². The Hall–Kier alpha value is -1.69. The standard InChI is InChI=1S/C11H19N5O/c1-4-16(7-11(2,3)17)10-8(9(12)13)5-6-14-15-10/h5-6,17H,4,7H2,1-3H3,(H3,12,13). The maximum atomic E-state index is 9.84. The summed E-state index contributed by atoms with van der Waals surface area (Å²) in [5.41, 5.74) is 5.18. The van der Waals surface area contributed by atoms with E-state index in [0.29, 0.717) is 24.5 Å². The summed E-state index contributed by atoms with van der Waals surface area (Å²) >= 11 is 0. The molecule has 6 nitrogen and oxygen atoms in total. The van der Waals surface area contributed by atoms with E-state index < -0.39 is 5.60 Å². The third kappa shape index (κ3) is 3.67. The maximum Gasteiger partial charge on any atom is 0.162 e. The van der Waals surface area contributed by atoms with Gasteiger partial charge in [0.25, 0.3) is 0 Å². The van der Waals surface area contributed by atoms with Crippen LogP contribution in [-0.4, -0.2) is 39.8 Å². The zero-order chi connectivity index (χ0) is 13.1. The van der Waals surface area contributed by atoms with Gasteiger partial charge in [0.15, 0.2) is 5.82 Å². The van der Waals surface area contributed by atoms with Crippen LogP contribution in [0, 0.1) is 5.41 Å². The van der Waals surface area contributed by atoms with Crippen molar-refractivity contribution >= 4 is 11.7 Å². The lowest BCUT2D eigenvalue weighted by Gasteiger charge is -2.29. The van der Waals surface area contributed by atoms with Gasteiger partial charge in [0.05, 0.1) is 17.4 Å². The third-order valence-corrected chi connectivity index (χ3v) is 2.25. The molecule has 0 aliphatic carbocycles. The molecule has 6 heteroatoms. The van der Waals surface area contributed by atoms with Crippen molar-refractivity contribution in [3.63, 3.8) is 0 Å².